The van der Waals surface area contributed by atoms with E-state index in [9.17, 15) is 9.18 Å². The number of hydrogen-bond acceptors (Lipinski definition) is 7. The number of amides is 1. The Morgan fingerprint density at radius 2 is 2.13 bits per heavy atom. The summed E-state index contributed by atoms with van der Waals surface area (Å²) >= 11 is 0. The topological polar surface area (TPSA) is 96.7 Å². The van der Waals surface area contributed by atoms with Crippen molar-refractivity contribution in [1.82, 2.24) is 30.7 Å². The Morgan fingerprint density at radius 3 is 2.87 bits per heavy atom. The minimum atomic E-state index is -0.501. The number of halogens is 1. The van der Waals surface area contributed by atoms with Gasteiger partial charge in [-0.15, -0.1) is 0 Å². The standard InChI is InChI=1S/C20H24FN7O2/c1-13-4-5-17(28-24-6-7-25-28)15(10-13)20(29)27-8-3-9-30-18(27)12-23-26-19-14(2)22-11-16(19)21/h4-7,10-11,14,18,23,26H,3,8-9,12H2,1-2H3/t14-,18+/m1/s1. The first kappa shape index (κ1) is 20.2. The van der Waals surface area contributed by atoms with Crippen molar-refractivity contribution in [3.8, 4) is 5.69 Å². The number of nitrogens with one attached hydrogen (secondary N) is 2. The number of rotatable bonds is 6. The molecule has 1 saturated heterocycles. The zero-order valence-corrected chi connectivity index (χ0v) is 16.9. The smallest absolute Gasteiger partial charge is 0.258 e. The average molecular weight is 413 g/mol. The number of ether oxygens (including phenoxy) is 1. The van der Waals surface area contributed by atoms with Crippen LogP contribution in [0.2, 0.25) is 0 Å². The van der Waals surface area contributed by atoms with Crippen LogP contribution in [0.15, 0.2) is 47.1 Å². The summed E-state index contributed by atoms with van der Waals surface area (Å²) in [7, 11) is 0. The molecule has 1 aromatic heterocycles. The Hall–Kier alpha value is -3.11. The second-order valence-electron chi connectivity index (χ2n) is 7.24. The fraction of sp³-hybridized carbons (Fsp3) is 0.400. The molecule has 2 aromatic rings. The fourth-order valence-corrected chi connectivity index (χ4v) is 3.50. The van der Waals surface area contributed by atoms with Gasteiger partial charge in [-0.25, -0.2) is 9.82 Å². The molecule has 158 valence electrons. The number of allylic oxidation sites excluding steroid dienone is 1. The van der Waals surface area contributed by atoms with Crippen molar-refractivity contribution in [2.75, 3.05) is 19.7 Å². The molecule has 1 fully saturated rings. The van der Waals surface area contributed by atoms with Crippen molar-refractivity contribution >= 4 is 12.1 Å². The van der Waals surface area contributed by atoms with E-state index >= 15 is 0 Å². The van der Waals surface area contributed by atoms with Gasteiger partial charge in [0.25, 0.3) is 5.91 Å². The zero-order chi connectivity index (χ0) is 21.1. The third-order valence-electron chi connectivity index (χ3n) is 5.07. The molecule has 0 radical (unpaired) electrons. The summed E-state index contributed by atoms with van der Waals surface area (Å²) < 4.78 is 19.6. The molecule has 0 unspecified atom stereocenters. The molecule has 30 heavy (non-hydrogen) atoms. The van der Waals surface area contributed by atoms with E-state index in [4.69, 9.17) is 4.74 Å². The largest absolute Gasteiger partial charge is 0.357 e. The lowest BCUT2D eigenvalue weighted by molar-refractivity contribution is -0.0761. The van der Waals surface area contributed by atoms with Gasteiger partial charge in [0, 0.05) is 6.54 Å². The van der Waals surface area contributed by atoms with E-state index in [2.05, 4.69) is 26.0 Å². The second-order valence-corrected chi connectivity index (χ2v) is 7.24. The normalized spacial score (nSPS) is 21.4. The first-order valence-electron chi connectivity index (χ1n) is 9.86. The molecule has 10 heteroatoms. The number of carbonyl (C=O) groups is 1. The van der Waals surface area contributed by atoms with Crippen molar-refractivity contribution in [1.29, 1.82) is 0 Å². The number of aromatic nitrogens is 3. The van der Waals surface area contributed by atoms with Gasteiger partial charge in [0.1, 0.15) is 6.23 Å². The minimum absolute atomic E-state index is 0.166. The molecule has 9 nitrogen and oxygen atoms in total. The number of aryl methyl sites for hydroxylation is 1. The molecule has 3 heterocycles. The van der Waals surface area contributed by atoms with Crippen LogP contribution in [-0.2, 0) is 4.74 Å². The lowest BCUT2D eigenvalue weighted by atomic mass is 10.1. The summed E-state index contributed by atoms with van der Waals surface area (Å²) in [6.45, 7) is 5.12. The molecule has 2 aliphatic heterocycles. The number of nitrogens with zero attached hydrogens (tertiary/aromatic N) is 5. The highest BCUT2D eigenvalue weighted by atomic mass is 19.1. The predicted molar refractivity (Wildman–Crippen MR) is 109 cm³/mol. The SMILES string of the molecule is Cc1ccc(-n2nccn2)c(C(=O)N2CCCO[C@H]2CNNC2=C(F)C=N[C@@H]2C)c1. The van der Waals surface area contributed by atoms with Gasteiger partial charge < -0.3 is 15.1 Å². The molecule has 4 rings (SSSR count). The van der Waals surface area contributed by atoms with E-state index in [1.807, 2.05) is 25.1 Å². The summed E-state index contributed by atoms with van der Waals surface area (Å²) in [5.74, 6) is -0.566. The predicted octanol–water partition coefficient (Wildman–Crippen LogP) is 1.51. The molecular weight excluding hydrogens is 389 g/mol. The summed E-state index contributed by atoms with van der Waals surface area (Å²) in [6, 6.07) is 5.30. The van der Waals surface area contributed by atoms with Crippen molar-refractivity contribution in [3.05, 3.63) is 53.2 Å². The molecule has 2 aliphatic rings. The van der Waals surface area contributed by atoms with Gasteiger partial charge in [0.2, 0.25) is 0 Å². The molecular formula is C20H24FN7O2. The summed E-state index contributed by atoms with van der Waals surface area (Å²) in [4.78, 5) is 20.6. The number of aliphatic imine (C=N–C) groups is 1. The van der Waals surface area contributed by atoms with Gasteiger partial charge in [-0.05, 0) is 32.4 Å². The Kier molecular flexibility index (Phi) is 5.86. The first-order chi connectivity index (χ1) is 14.5. The molecule has 2 atom stereocenters. The monoisotopic (exact) mass is 413 g/mol. The van der Waals surface area contributed by atoms with E-state index in [1.54, 1.807) is 24.2 Å². The average Bonchev–Trinajstić information content (AvgIpc) is 3.39. The van der Waals surface area contributed by atoms with Crippen LogP contribution in [0.4, 0.5) is 4.39 Å². The number of hydrazine groups is 1. The Bertz CT molecular complexity index is 974. The maximum Gasteiger partial charge on any atom is 0.258 e. The Labute approximate surface area is 173 Å². The highest BCUT2D eigenvalue weighted by Gasteiger charge is 2.30. The van der Waals surface area contributed by atoms with Crippen molar-refractivity contribution in [2.24, 2.45) is 4.99 Å². The number of benzene rings is 1. The van der Waals surface area contributed by atoms with E-state index in [0.29, 0.717) is 30.1 Å². The van der Waals surface area contributed by atoms with Gasteiger partial charge >= 0.3 is 0 Å². The van der Waals surface area contributed by atoms with Gasteiger partial charge in [-0.1, -0.05) is 11.6 Å². The maximum atomic E-state index is 13.8. The summed E-state index contributed by atoms with van der Waals surface area (Å²) in [6.07, 6.45) is 4.57. The molecule has 0 spiro atoms. The van der Waals surface area contributed by atoms with Crippen molar-refractivity contribution in [3.63, 3.8) is 0 Å². The maximum absolute atomic E-state index is 13.8. The van der Waals surface area contributed by atoms with Gasteiger partial charge in [0.05, 0.1) is 54.7 Å². The fourth-order valence-electron chi connectivity index (χ4n) is 3.50. The van der Waals surface area contributed by atoms with Gasteiger partial charge in [-0.2, -0.15) is 15.0 Å². The molecule has 1 amide bonds. The van der Waals surface area contributed by atoms with E-state index in [0.717, 1.165) is 12.0 Å². The third kappa shape index (κ3) is 4.10. The minimum Gasteiger partial charge on any atom is -0.357 e. The van der Waals surface area contributed by atoms with Crippen LogP contribution in [0, 0.1) is 6.92 Å². The Balaban J connectivity index is 1.50. The number of carbonyl (C=O) groups excluding carboxylic acids is 1. The lowest BCUT2D eigenvalue weighted by Gasteiger charge is -2.36. The quantitative estimate of drug-likeness (QED) is 0.697. The molecule has 0 aliphatic carbocycles. The van der Waals surface area contributed by atoms with Crippen LogP contribution < -0.4 is 10.9 Å². The molecule has 2 N–H and O–H groups in total. The van der Waals surface area contributed by atoms with Gasteiger partial charge in [0.15, 0.2) is 5.83 Å². The molecule has 0 bridgehead atoms. The van der Waals surface area contributed by atoms with Crippen LogP contribution in [-0.4, -0.2) is 64.0 Å². The third-order valence-corrected chi connectivity index (χ3v) is 5.07. The van der Waals surface area contributed by atoms with Gasteiger partial charge in [-0.3, -0.25) is 9.79 Å². The van der Waals surface area contributed by atoms with Crippen LogP contribution in [0.3, 0.4) is 0 Å². The highest BCUT2D eigenvalue weighted by Crippen LogP contribution is 2.21. The van der Waals surface area contributed by atoms with Crippen LogP contribution in [0.1, 0.15) is 29.3 Å². The second kappa shape index (κ2) is 8.72. The van der Waals surface area contributed by atoms with E-state index < -0.39 is 12.1 Å². The Morgan fingerprint density at radius 1 is 1.33 bits per heavy atom. The van der Waals surface area contributed by atoms with E-state index in [-0.39, 0.29) is 18.5 Å². The van der Waals surface area contributed by atoms with Crippen LogP contribution in [0.5, 0.6) is 0 Å². The lowest BCUT2D eigenvalue weighted by Crippen LogP contribution is -2.53. The summed E-state index contributed by atoms with van der Waals surface area (Å²) in [5.41, 5.74) is 8.27. The van der Waals surface area contributed by atoms with Crippen molar-refractivity contribution in [2.45, 2.75) is 32.5 Å². The van der Waals surface area contributed by atoms with Crippen LogP contribution >= 0.6 is 0 Å². The number of hydrogen-bond donors (Lipinski definition) is 2. The molecule has 0 saturated carbocycles. The first-order valence-corrected chi connectivity index (χ1v) is 9.86. The molecule has 1 aromatic carbocycles. The zero-order valence-electron chi connectivity index (χ0n) is 16.9. The summed E-state index contributed by atoms with van der Waals surface area (Å²) in [5, 5.41) is 8.32. The van der Waals surface area contributed by atoms with Crippen molar-refractivity contribution < 1.29 is 13.9 Å². The van der Waals surface area contributed by atoms with E-state index in [1.165, 1.54) is 11.0 Å². The highest BCUT2D eigenvalue weighted by molar-refractivity contribution is 5.98. The van der Waals surface area contributed by atoms with Crippen LogP contribution in [0.25, 0.3) is 5.69 Å².